The molecule has 0 saturated carbocycles. The number of hydrogen-bond acceptors (Lipinski definition) is 5. The Morgan fingerprint density at radius 3 is 2.71 bits per heavy atom. The van der Waals surface area contributed by atoms with Crippen molar-refractivity contribution in [2.24, 2.45) is 0 Å². The highest BCUT2D eigenvalue weighted by molar-refractivity contribution is 5.77. The molecule has 0 aromatic heterocycles. The van der Waals surface area contributed by atoms with E-state index in [9.17, 15) is 4.79 Å². The summed E-state index contributed by atoms with van der Waals surface area (Å²) < 4.78 is 16.4. The highest BCUT2D eigenvalue weighted by Gasteiger charge is 2.27. The minimum atomic E-state index is -0.307. The molecule has 1 atom stereocenters. The number of benzene rings is 2. The number of ether oxygens (including phenoxy) is 3. The molecule has 2 aromatic rings. The maximum absolute atomic E-state index is 11.9. The number of nitrogens with zero attached hydrogens (tertiary/aromatic N) is 1. The molecule has 0 amide bonds. The van der Waals surface area contributed by atoms with Crippen molar-refractivity contribution in [3.63, 3.8) is 0 Å². The van der Waals surface area contributed by atoms with Gasteiger partial charge in [-0.05, 0) is 31.2 Å². The van der Waals surface area contributed by atoms with Gasteiger partial charge in [0.25, 0.3) is 0 Å². The Labute approximate surface area is 141 Å². The lowest BCUT2D eigenvalue weighted by Crippen LogP contribution is -2.47. The maximum atomic E-state index is 11.9. The smallest absolute Gasteiger partial charge is 0.326 e. The van der Waals surface area contributed by atoms with Gasteiger partial charge in [0.1, 0.15) is 24.7 Å². The SMILES string of the molecule is COc1cccc(N2CC(=O)OC(COc3ccc(C)cc3)C2)c1. The second-order valence-electron chi connectivity index (χ2n) is 5.82. The summed E-state index contributed by atoms with van der Waals surface area (Å²) in [4.78, 5) is 13.9. The van der Waals surface area contributed by atoms with Gasteiger partial charge in [0.05, 0.1) is 13.7 Å². The predicted octanol–water partition coefficient (Wildman–Crippen LogP) is 2.81. The van der Waals surface area contributed by atoms with Crippen LogP contribution in [0.15, 0.2) is 48.5 Å². The van der Waals surface area contributed by atoms with Crippen LogP contribution >= 0.6 is 0 Å². The molecule has 0 bridgehead atoms. The van der Waals surface area contributed by atoms with E-state index in [1.165, 1.54) is 5.56 Å². The first-order chi connectivity index (χ1) is 11.6. The van der Waals surface area contributed by atoms with E-state index in [1.54, 1.807) is 7.11 Å². The lowest BCUT2D eigenvalue weighted by Gasteiger charge is -2.33. The molecule has 0 aliphatic carbocycles. The van der Waals surface area contributed by atoms with Crippen molar-refractivity contribution in [3.8, 4) is 11.5 Å². The average Bonchev–Trinajstić information content (AvgIpc) is 2.61. The van der Waals surface area contributed by atoms with Crippen LogP contribution in [0.3, 0.4) is 0 Å². The molecule has 126 valence electrons. The predicted molar refractivity (Wildman–Crippen MR) is 91.8 cm³/mol. The second-order valence-corrected chi connectivity index (χ2v) is 5.82. The standard InChI is InChI=1S/C19H21NO4/c1-14-6-8-16(9-7-14)23-13-18-11-20(12-19(21)24-18)15-4-3-5-17(10-15)22-2/h3-10,18H,11-13H2,1-2H3. The number of anilines is 1. The van der Waals surface area contributed by atoms with E-state index in [4.69, 9.17) is 14.2 Å². The number of carbonyl (C=O) groups is 1. The fraction of sp³-hybridized carbons (Fsp3) is 0.316. The van der Waals surface area contributed by atoms with Crippen LogP contribution in [0.5, 0.6) is 11.5 Å². The number of morpholine rings is 1. The van der Waals surface area contributed by atoms with Crippen molar-refractivity contribution in [1.29, 1.82) is 0 Å². The van der Waals surface area contributed by atoms with Gasteiger partial charge in [-0.2, -0.15) is 0 Å². The van der Waals surface area contributed by atoms with Gasteiger partial charge in [-0.25, -0.2) is 0 Å². The van der Waals surface area contributed by atoms with Crippen LogP contribution in [0.4, 0.5) is 5.69 Å². The highest BCUT2D eigenvalue weighted by Crippen LogP contribution is 2.23. The Morgan fingerprint density at radius 1 is 1.17 bits per heavy atom. The third-order valence-corrected chi connectivity index (χ3v) is 3.92. The van der Waals surface area contributed by atoms with Gasteiger partial charge in [-0.3, -0.25) is 4.79 Å². The first kappa shape index (κ1) is 16.2. The van der Waals surface area contributed by atoms with Crippen LogP contribution in [0, 0.1) is 6.92 Å². The molecule has 0 N–H and O–H groups in total. The molecule has 1 heterocycles. The molecule has 24 heavy (non-hydrogen) atoms. The van der Waals surface area contributed by atoms with E-state index < -0.39 is 0 Å². The Kier molecular flexibility index (Phi) is 4.89. The fourth-order valence-corrected chi connectivity index (χ4v) is 2.64. The highest BCUT2D eigenvalue weighted by atomic mass is 16.6. The summed E-state index contributed by atoms with van der Waals surface area (Å²) in [6.45, 7) is 3.17. The minimum absolute atomic E-state index is 0.230. The van der Waals surface area contributed by atoms with Crippen molar-refractivity contribution in [2.75, 3.05) is 31.7 Å². The van der Waals surface area contributed by atoms with Gasteiger partial charge in [-0.15, -0.1) is 0 Å². The molecule has 1 saturated heterocycles. The second kappa shape index (κ2) is 7.25. The topological polar surface area (TPSA) is 48.0 Å². The minimum Gasteiger partial charge on any atom is -0.497 e. The van der Waals surface area contributed by atoms with Crippen molar-refractivity contribution >= 4 is 11.7 Å². The number of aryl methyl sites for hydroxylation is 1. The molecule has 1 fully saturated rings. The van der Waals surface area contributed by atoms with Gasteiger partial charge in [-0.1, -0.05) is 23.8 Å². The van der Waals surface area contributed by atoms with Crippen molar-refractivity contribution in [2.45, 2.75) is 13.0 Å². The van der Waals surface area contributed by atoms with E-state index in [-0.39, 0.29) is 18.6 Å². The number of hydrogen-bond donors (Lipinski definition) is 0. The summed E-state index contributed by atoms with van der Waals surface area (Å²) in [6.07, 6.45) is -0.307. The van der Waals surface area contributed by atoms with Crippen LogP contribution in [0.25, 0.3) is 0 Å². The molecule has 1 unspecified atom stereocenters. The van der Waals surface area contributed by atoms with Gasteiger partial charge in [0.15, 0.2) is 6.10 Å². The summed E-state index contributed by atoms with van der Waals surface area (Å²) in [5.41, 5.74) is 2.11. The summed E-state index contributed by atoms with van der Waals surface area (Å²) in [5, 5.41) is 0. The summed E-state index contributed by atoms with van der Waals surface area (Å²) >= 11 is 0. The molecule has 1 aliphatic rings. The fourth-order valence-electron chi connectivity index (χ4n) is 2.64. The van der Waals surface area contributed by atoms with Crippen molar-refractivity contribution in [3.05, 3.63) is 54.1 Å². The molecular weight excluding hydrogens is 306 g/mol. The van der Waals surface area contributed by atoms with Crippen LogP contribution in [0.2, 0.25) is 0 Å². The Balaban J connectivity index is 1.64. The molecule has 2 aromatic carbocycles. The Bertz CT molecular complexity index is 699. The van der Waals surface area contributed by atoms with Crippen LogP contribution in [0.1, 0.15) is 5.56 Å². The lowest BCUT2D eigenvalue weighted by molar-refractivity contribution is -0.151. The summed E-state index contributed by atoms with van der Waals surface area (Å²) in [6, 6.07) is 15.5. The zero-order valence-corrected chi connectivity index (χ0v) is 13.9. The normalized spacial score (nSPS) is 17.3. The quantitative estimate of drug-likeness (QED) is 0.790. The van der Waals surface area contributed by atoms with E-state index >= 15 is 0 Å². The Hall–Kier alpha value is -2.69. The van der Waals surface area contributed by atoms with E-state index in [2.05, 4.69) is 0 Å². The van der Waals surface area contributed by atoms with Crippen molar-refractivity contribution < 1.29 is 19.0 Å². The first-order valence-electron chi connectivity index (χ1n) is 7.92. The molecule has 1 aliphatic heterocycles. The third kappa shape index (κ3) is 3.98. The maximum Gasteiger partial charge on any atom is 0.326 e. The Morgan fingerprint density at radius 2 is 1.96 bits per heavy atom. The number of cyclic esters (lactones) is 1. The molecule has 5 heteroatoms. The largest absolute Gasteiger partial charge is 0.497 e. The van der Waals surface area contributed by atoms with E-state index in [0.29, 0.717) is 13.2 Å². The van der Waals surface area contributed by atoms with E-state index in [0.717, 1.165) is 17.2 Å². The molecule has 5 nitrogen and oxygen atoms in total. The lowest BCUT2D eigenvalue weighted by atomic mass is 10.2. The zero-order valence-electron chi connectivity index (χ0n) is 13.9. The summed E-state index contributed by atoms with van der Waals surface area (Å²) in [5.74, 6) is 1.29. The third-order valence-electron chi connectivity index (χ3n) is 3.92. The van der Waals surface area contributed by atoms with Gasteiger partial charge < -0.3 is 19.1 Å². The van der Waals surface area contributed by atoms with Gasteiger partial charge in [0, 0.05) is 11.8 Å². The van der Waals surface area contributed by atoms with Crippen LogP contribution in [-0.2, 0) is 9.53 Å². The number of carbonyl (C=O) groups excluding carboxylic acids is 1. The average molecular weight is 327 g/mol. The molecule has 0 spiro atoms. The molecule has 3 rings (SSSR count). The van der Waals surface area contributed by atoms with Gasteiger partial charge >= 0.3 is 5.97 Å². The number of esters is 1. The van der Waals surface area contributed by atoms with E-state index in [1.807, 2.05) is 60.4 Å². The molecular formula is C19H21NO4. The van der Waals surface area contributed by atoms with Crippen LogP contribution in [-0.4, -0.2) is 38.9 Å². The van der Waals surface area contributed by atoms with Crippen molar-refractivity contribution in [1.82, 2.24) is 0 Å². The zero-order chi connectivity index (χ0) is 16.9. The van der Waals surface area contributed by atoms with Gasteiger partial charge in [0.2, 0.25) is 0 Å². The number of methoxy groups -OCH3 is 1. The first-order valence-corrected chi connectivity index (χ1v) is 7.92. The summed E-state index contributed by atoms with van der Waals surface area (Å²) in [7, 11) is 1.63. The molecule has 0 radical (unpaired) electrons. The monoisotopic (exact) mass is 327 g/mol. The number of rotatable bonds is 5. The van der Waals surface area contributed by atoms with Crippen LogP contribution < -0.4 is 14.4 Å².